The largest absolute Gasteiger partial charge is 0.309 e. The molecule has 0 aliphatic heterocycles. The van der Waals surface area contributed by atoms with Crippen LogP contribution in [-0.2, 0) is 0 Å². The molecule has 4 aromatic heterocycles. The van der Waals surface area contributed by atoms with Gasteiger partial charge in [0.1, 0.15) is 0 Å². The average Bonchev–Trinajstić information content (AvgIpc) is 1.59. The van der Waals surface area contributed by atoms with E-state index in [2.05, 4.69) is 422 Å². The fourth-order valence-electron chi connectivity index (χ4n) is 17.1. The third kappa shape index (κ3) is 11.5. The Hall–Kier alpha value is -14.0. The molecule has 4 heteroatoms. The number of benzene rings is 18. The summed E-state index contributed by atoms with van der Waals surface area (Å²) in [4.78, 5) is 0. The molecule has 0 N–H and O–H groups in total. The molecule has 522 valence electrons. The van der Waals surface area contributed by atoms with Gasteiger partial charge in [-0.15, -0.1) is 22.7 Å². The minimum atomic E-state index is 1.12. The number of hydrogen-bond acceptors (Lipinski definition) is 2. The Labute approximate surface area is 657 Å². The van der Waals surface area contributed by atoms with Gasteiger partial charge in [-0.05, 0) is 213 Å². The Bertz CT molecular complexity index is 7390. The van der Waals surface area contributed by atoms with Crippen molar-refractivity contribution in [1.29, 1.82) is 0 Å². The molecule has 0 radical (unpaired) electrons. The van der Waals surface area contributed by atoms with Gasteiger partial charge in [0, 0.05) is 73.3 Å². The van der Waals surface area contributed by atoms with E-state index in [4.69, 9.17) is 0 Å². The number of thiophene rings is 2. The molecule has 0 amide bonds. The van der Waals surface area contributed by atoms with Crippen molar-refractivity contribution in [1.82, 2.24) is 9.13 Å². The van der Waals surface area contributed by atoms with Crippen molar-refractivity contribution in [2.45, 2.75) is 0 Å². The van der Waals surface area contributed by atoms with Crippen molar-refractivity contribution in [3.8, 4) is 134 Å². The Balaban J connectivity index is 0.534. The maximum atomic E-state index is 2.46. The molecule has 0 spiro atoms. The molecule has 22 aromatic rings. The molecule has 22 rings (SSSR count). The summed E-state index contributed by atoms with van der Waals surface area (Å²) >= 11 is 3.73. The Morgan fingerprint density at radius 2 is 0.357 bits per heavy atom. The highest BCUT2D eigenvalue weighted by Crippen LogP contribution is 2.44. The van der Waals surface area contributed by atoms with Crippen LogP contribution in [0.3, 0.4) is 0 Å². The van der Waals surface area contributed by atoms with Gasteiger partial charge in [-0.3, -0.25) is 0 Å². The third-order valence-corrected chi connectivity index (χ3v) is 25.3. The van der Waals surface area contributed by atoms with Crippen LogP contribution in [0.2, 0.25) is 0 Å². The molecule has 0 fully saturated rings. The van der Waals surface area contributed by atoms with Crippen molar-refractivity contribution >= 4 is 107 Å². The molecule has 0 atom stereocenters. The maximum absolute atomic E-state index is 2.46. The number of fused-ring (bicyclic) bond motifs is 12. The summed E-state index contributed by atoms with van der Waals surface area (Å²) in [6, 6.07) is 153. The van der Waals surface area contributed by atoms with E-state index < -0.39 is 0 Å². The SMILES string of the molecule is c1ccc(-c2ccc3c(c2)c2cc(-c4cccc(-c5ccc(-c6ccc7c8ccc(-c9ccccc9)cc8n(-c8ccc(-c9ccc(-c%10ccc(-c%11ccc%12c(c%11)sc%11ccccc%11%12)cc%10)cc9)cc8)c7c6)cc5)c4)ccc2n3-c2ccc(-c3ccc(-c4ccc(-c5ccc6c(c5)sc5ccccc56)cc4)cc3)cc2)cc1. The summed E-state index contributed by atoms with van der Waals surface area (Å²) in [6.07, 6.45) is 0. The first-order valence-corrected chi connectivity index (χ1v) is 40.0. The molecule has 4 heterocycles. The van der Waals surface area contributed by atoms with E-state index in [1.807, 2.05) is 22.7 Å². The molecule has 112 heavy (non-hydrogen) atoms. The second-order valence-electron chi connectivity index (χ2n) is 29.5. The van der Waals surface area contributed by atoms with Crippen LogP contribution in [0, 0.1) is 0 Å². The van der Waals surface area contributed by atoms with E-state index in [0.717, 1.165) is 11.4 Å². The van der Waals surface area contributed by atoms with Gasteiger partial charge in [0.2, 0.25) is 0 Å². The average molecular weight is 1460 g/mol. The highest BCUT2D eigenvalue weighted by atomic mass is 32.1. The lowest BCUT2D eigenvalue weighted by Crippen LogP contribution is -1.94. The molecule has 0 aliphatic rings. The van der Waals surface area contributed by atoms with E-state index in [1.54, 1.807) is 0 Å². The van der Waals surface area contributed by atoms with E-state index in [0.29, 0.717) is 0 Å². The Kier molecular flexibility index (Phi) is 15.7. The van der Waals surface area contributed by atoms with Crippen LogP contribution in [0.15, 0.2) is 413 Å². The molecule has 2 nitrogen and oxygen atoms in total. The molecule has 0 unspecified atom stereocenters. The van der Waals surface area contributed by atoms with Crippen LogP contribution in [0.5, 0.6) is 0 Å². The van der Waals surface area contributed by atoms with E-state index in [9.17, 15) is 0 Å². The summed E-state index contributed by atoms with van der Waals surface area (Å²) in [5.74, 6) is 0. The summed E-state index contributed by atoms with van der Waals surface area (Å²) in [5, 5.41) is 10.2. The van der Waals surface area contributed by atoms with Gasteiger partial charge in [-0.2, -0.15) is 0 Å². The molecule has 0 bridgehead atoms. The smallest absolute Gasteiger partial charge is 0.0547 e. The normalized spacial score (nSPS) is 11.8. The zero-order chi connectivity index (χ0) is 73.7. The van der Waals surface area contributed by atoms with Crippen LogP contribution >= 0.6 is 22.7 Å². The summed E-state index contributed by atoms with van der Waals surface area (Å²) in [6.45, 7) is 0. The van der Waals surface area contributed by atoms with Gasteiger partial charge >= 0.3 is 0 Å². The van der Waals surface area contributed by atoms with E-state index in [-0.39, 0.29) is 0 Å². The van der Waals surface area contributed by atoms with Crippen molar-refractivity contribution in [2.24, 2.45) is 0 Å². The molecular weight excluding hydrogens is 1390 g/mol. The topological polar surface area (TPSA) is 9.86 Å². The van der Waals surface area contributed by atoms with Crippen LogP contribution in [-0.4, -0.2) is 9.13 Å². The minimum Gasteiger partial charge on any atom is -0.309 e. The summed E-state index contributed by atoms with van der Waals surface area (Å²) < 4.78 is 10.2. The van der Waals surface area contributed by atoms with Crippen molar-refractivity contribution in [3.63, 3.8) is 0 Å². The van der Waals surface area contributed by atoms with Gasteiger partial charge in [0.05, 0.1) is 22.1 Å². The summed E-state index contributed by atoms with van der Waals surface area (Å²) in [7, 11) is 0. The van der Waals surface area contributed by atoms with Crippen LogP contribution in [0.1, 0.15) is 0 Å². The third-order valence-electron chi connectivity index (χ3n) is 23.0. The zero-order valence-electron chi connectivity index (χ0n) is 61.0. The number of aromatic nitrogens is 2. The van der Waals surface area contributed by atoms with Gasteiger partial charge in [-0.1, -0.05) is 322 Å². The first-order chi connectivity index (χ1) is 55.4. The van der Waals surface area contributed by atoms with Crippen molar-refractivity contribution in [2.75, 3.05) is 0 Å². The van der Waals surface area contributed by atoms with Gasteiger partial charge in [-0.25, -0.2) is 0 Å². The lowest BCUT2D eigenvalue weighted by Gasteiger charge is -2.12. The van der Waals surface area contributed by atoms with Gasteiger partial charge in [0.15, 0.2) is 0 Å². The number of hydrogen-bond donors (Lipinski definition) is 0. The van der Waals surface area contributed by atoms with Gasteiger partial charge < -0.3 is 9.13 Å². The number of rotatable bonds is 13. The highest BCUT2D eigenvalue weighted by Gasteiger charge is 2.20. The maximum Gasteiger partial charge on any atom is 0.0547 e. The fourth-order valence-corrected chi connectivity index (χ4v) is 19.4. The molecule has 0 saturated carbocycles. The fraction of sp³-hybridized carbons (Fsp3) is 0. The molecular formula is C108H68N2S2. The van der Waals surface area contributed by atoms with E-state index >= 15 is 0 Å². The first-order valence-electron chi connectivity index (χ1n) is 38.4. The summed E-state index contributed by atoms with van der Waals surface area (Å²) in [5.41, 5.74) is 33.2. The monoisotopic (exact) mass is 1460 g/mol. The zero-order valence-corrected chi connectivity index (χ0v) is 62.6. The lowest BCUT2D eigenvalue weighted by atomic mass is 9.96. The first kappa shape index (κ1) is 65.1. The van der Waals surface area contributed by atoms with Crippen LogP contribution < -0.4 is 0 Å². The van der Waals surface area contributed by atoms with E-state index in [1.165, 1.54) is 206 Å². The molecule has 0 saturated heterocycles. The Morgan fingerprint density at radius 1 is 0.125 bits per heavy atom. The molecule has 18 aromatic carbocycles. The molecule has 0 aliphatic carbocycles. The number of nitrogens with zero attached hydrogens (tertiary/aromatic N) is 2. The van der Waals surface area contributed by atoms with Crippen molar-refractivity contribution < 1.29 is 0 Å². The quantitative estimate of drug-likeness (QED) is 0.109. The standard InChI is InChI=1S/C108H68N2S2/c1-3-12-69(13-4-1)85-50-60-101-99(63-85)100-64-86(51-61-102(100)109(101)91-52-42-77(43-53-91)75-26-22-71(23-27-75)73-30-34-81(35-31-73)89-48-58-97-95-18-7-9-20-105(95)111-107(97)67-89)84-17-11-16-83(62-84)79-38-40-80(41-39-79)88-47-57-94-93-56-46-87(70-14-5-2-6-15-70)65-103(93)110(104(94)66-88)92-54-44-78(45-55-92)76-28-24-72(25-29-76)74-32-36-82(37-33-74)90-49-59-98-96-19-8-10-21-106(96)112-108(98)68-90/h1-68H. The Morgan fingerprint density at radius 3 is 0.732 bits per heavy atom. The lowest BCUT2D eigenvalue weighted by molar-refractivity contribution is 1.18. The van der Waals surface area contributed by atoms with Gasteiger partial charge in [0.25, 0.3) is 0 Å². The minimum absolute atomic E-state index is 1.12. The second-order valence-corrected chi connectivity index (χ2v) is 31.7. The van der Waals surface area contributed by atoms with Crippen LogP contribution in [0.25, 0.3) is 218 Å². The predicted octanol–water partition coefficient (Wildman–Crippen LogP) is 31.0. The second kappa shape index (κ2) is 27.0. The van der Waals surface area contributed by atoms with Crippen molar-refractivity contribution in [3.05, 3.63) is 413 Å². The van der Waals surface area contributed by atoms with Crippen LogP contribution in [0.4, 0.5) is 0 Å². The predicted molar refractivity (Wildman–Crippen MR) is 481 cm³/mol. The highest BCUT2D eigenvalue weighted by molar-refractivity contribution is 7.26.